The first-order valence-electron chi connectivity index (χ1n) is 5.42. The van der Waals surface area contributed by atoms with Gasteiger partial charge in [0, 0.05) is 32.3 Å². The average molecular weight is 300 g/mol. The third kappa shape index (κ3) is 3.06. The average Bonchev–Trinajstić information content (AvgIpc) is 2.74. The molecule has 1 saturated heterocycles. The number of hydrogen-bond acceptors (Lipinski definition) is 5. The molecular weight excluding hydrogens is 286 g/mol. The highest BCUT2D eigenvalue weighted by Gasteiger charge is 2.20. The van der Waals surface area contributed by atoms with Crippen molar-refractivity contribution in [3.8, 4) is 0 Å². The van der Waals surface area contributed by atoms with Gasteiger partial charge in [0.15, 0.2) is 0 Å². The number of aromatic nitrogens is 2. The zero-order chi connectivity index (χ0) is 12.3. The Bertz CT molecular complexity index is 425. The van der Waals surface area contributed by atoms with E-state index in [-0.39, 0.29) is 11.9 Å². The van der Waals surface area contributed by atoms with Crippen LogP contribution in [-0.4, -0.2) is 35.5 Å². The van der Waals surface area contributed by atoms with E-state index in [4.69, 9.17) is 0 Å². The molecular formula is C10H14BrN5O. The van der Waals surface area contributed by atoms with E-state index in [2.05, 4.69) is 41.8 Å². The van der Waals surface area contributed by atoms with E-state index in [1.54, 1.807) is 13.2 Å². The fourth-order valence-electron chi connectivity index (χ4n) is 1.66. The van der Waals surface area contributed by atoms with Gasteiger partial charge in [-0.15, -0.1) is 0 Å². The Labute approximate surface area is 108 Å². The quantitative estimate of drug-likeness (QED) is 0.772. The van der Waals surface area contributed by atoms with Gasteiger partial charge in [-0.05, 0) is 22.4 Å². The van der Waals surface area contributed by atoms with E-state index in [9.17, 15) is 4.79 Å². The fourth-order valence-corrected chi connectivity index (χ4v) is 1.99. The van der Waals surface area contributed by atoms with Gasteiger partial charge in [-0.2, -0.15) is 4.98 Å². The molecule has 17 heavy (non-hydrogen) atoms. The Kier molecular flexibility index (Phi) is 3.78. The number of rotatable bonds is 4. The summed E-state index contributed by atoms with van der Waals surface area (Å²) in [5.74, 6) is 1.41. The van der Waals surface area contributed by atoms with Crippen molar-refractivity contribution in [3.63, 3.8) is 0 Å². The SMILES string of the molecule is CNc1ncc(Br)c(NCC2CCC(=O)N2)n1. The molecule has 2 heterocycles. The lowest BCUT2D eigenvalue weighted by Gasteiger charge is -2.13. The minimum atomic E-state index is 0.120. The zero-order valence-electron chi connectivity index (χ0n) is 9.46. The maximum absolute atomic E-state index is 11.0. The summed E-state index contributed by atoms with van der Waals surface area (Å²) in [4.78, 5) is 19.4. The summed E-state index contributed by atoms with van der Waals surface area (Å²) >= 11 is 3.38. The first-order valence-corrected chi connectivity index (χ1v) is 6.22. The number of amides is 1. The molecule has 0 radical (unpaired) electrons. The Balaban J connectivity index is 1.96. The molecule has 1 aromatic rings. The van der Waals surface area contributed by atoms with Gasteiger partial charge in [-0.25, -0.2) is 4.98 Å². The molecule has 7 heteroatoms. The van der Waals surface area contributed by atoms with Gasteiger partial charge >= 0.3 is 0 Å². The number of halogens is 1. The van der Waals surface area contributed by atoms with Crippen LogP contribution in [0, 0.1) is 0 Å². The van der Waals surface area contributed by atoms with Crippen molar-refractivity contribution >= 4 is 33.6 Å². The number of hydrogen-bond donors (Lipinski definition) is 3. The van der Waals surface area contributed by atoms with E-state index >= 15 is 0 Å². The summed E-state index contributed by atoms with van der Waals surface area (Å²) < 4.78 is 0.806. The lowest BCUT2D eigenvalue weighted by molar-refractivity contribution is -0.119. The van der Waals surface area contributed by atoms with Crippen molar-refractivity contribution < 1.29 is 4.79 Å². The topological polar surface area (TPSA) is 78.9 Å². The highest BCUT2D eigenvalue weighted by Crippen LogP contribution is 2.20. The van der Waals surface area contributed by atoms with Crippen molar-refractivity contribution in [2.45, 2.75) is 18.9 Å². The molecule has 0 aliphatic carbocycles. The number of carbonyl (C=O) groups is 1. The molecule has 1 unspecified atom stereocenters. The lowest BCUT2D eigenvalue weighted by Crippen LogP contribution is -2.32. The Hall–Kier alpha value is -1.37. The normalized spacial score (nSPS) is 18.9. The monoisotopic (exact) mass is 299 g/mol. The fraction of sp³-hybridized carbons (Fsp3) is 0.500. The van der Waals surface area contributed by atoms with Crippen LogP contribution in [0.15, 0.2) is 10.7 Å². The summed E-state index contributed by atoms with van der Waals surface area (Å²) in [5, 5.41) is 8.97. The Morgan fingerprint density at radius 2 is 2.47 bits per heavy atom. The van der Waals surface area contributed by atoms with E-state index in [0.29, 0.717) is 18.9 Å². The molecule has 1 amide bonds. The van der Waals surface area contributed by atoms with Crippen LogP contribution in [0.4, 0.5) is 11.8 Å². The van der Waals surface area contributed by atoms with Crippen molar-refractivity contribution in [2.24, 2.45) is 0 Å². The van der Waals surface area contributed by atoms with Crippen LogP contribution in [0.1, 0.15) is 12.8 Å². The van der Waals surface area contributed by atoms with E-state index < -0.39 is 0 Å². The van der Waals surface area contributed by atoms with Gasteiger partial charge in [0.05, 0.1) is 4.47 Å². The van der Waals surface area contributed by atoms with E-state index in [0.717, 1.165) is 16.7 Å². The van der Waals surface area contributed by atoms with Crippen molar-refractivity contribution in [3.05, 3.63) is 10.7 Å². The highest BCUT2D eigenvalue weighted by atomic mass is 79.9. The van der Waals surface area contributed by atoms with Gasteiger partial charge in [0.2, 0.25) is 11.9 Å². The smallest absolute Gasteiger partial charge is 0.224 e. The molecule has 0 spiro atoms. The minimum absolute atomic E-state index is 0.120. The summed E-state index contributed by atoms with van der Waals surface area (Å²) in [7, 11) is 1.77. The molecule has 1 aromatic heterocycles. The predicted molar refractivity (Wildman–Crippen MR) is 68.9 cm³/mol. The molecule has 1 aliphatic rings. The molecule has 1 fully saturated rings. The molecule has 0 bridgehead atoms. The maximum atomic E-state index is 11.0. The molecule has 1 aliphatic heterocycles. The summed E-state index contributed by atoms with van der Waals surface area (Å²) in [6, 6.07) is 0.183. The first kappa shape index (κ1) is 12.1. The lowest BCUT2D eigenvalue weighted by atomic mass is 10.2. The maximum Gasteiger partial charge on any atom is 0.224 e. The van der Waals surface area contributed by atoms with Crippen LogP contribution in [0.5, 0.6) is 0 Å². The van der Waals surface area contributed by atoms with Crippen LogP contribution in [0.3, 0.4) is 0 Å². The van der Waals surface area contributed by atoms with E-state index in [1.165, 1.54) is 0 Å². The van der Waals surface area contributed by atoms with Gasteiger partial charge in [-0.1, -0.05) is 0 Å². The second-order valence-electron chi connectivity index (χ2n) is 3.82. The van der Waals surface area contributed by atoms with Gasteiger partial charge < -0.3 is 16.0 Å². The molecule has 92 valence electrons. The van der Waals surface area contributed by atoms with Crippen molar-refractivity contribution in [1.82, 2.24) is 15.3 Å². The van der Waals surface area contributed by atoms with Gasteiger partial charge in [0.1, 0.15) is 5.82 Å². The zero-order valence-corrected chi connectivity index (χ0v) is 11.0. The van der Waals surface area contributed by atoms with Crippen molar-refractivity contribution in [1.29, 1.82) is 0 Å². The number of nitrogens with zero attached hydrogens (tertiary/aromatic N) is 2. The van der Waals surface area contributed by atoms with Crippen LogP contribution in [0.25, 0.3) is 0 Å². The van der Waals surface area contributed by atoms with Crippen molar-refractivity contribution in [2.75, 3.05) is 24.2 Å². The summed E-state index contributed by atoms with van der Waals surface area (Å²) in [6.45, 7) is 0.671. The van der Waals surface area contributed by atoms with Gasteiger partial charge in [-0.3, -0.25) is 4.79 Å². The second kappa shape index (κ2) is 5.31. The second-order valence-corrected chi connectivity index (χ2v) is 4.68. The third-order valence-corrected chi connectivity index (χ3v) is 3.15. The standard InChI is InChI=1S/C10H14BrN5O/c1-12-10-14-5-7(11)9(16-10)13-4-6-2-3-8(17)15-6/h5-6H,2-4H2,1H3,(H,15,17)(H2,12,13,14,16). The number of carbonyl (C=O) groups excluding carboxylic acids is 1. The Morgan fingerprint density at radius 1 is 1.65 bits per heavy atom. The molecule has 3 N–H and O–H groups in total. The minimum Gasteiger partial charge on any atom is -0.367 e. The molecule has 0 saturated carbocycles. The molecule has 6 nitrogen and oxygen atoms in total. The van der Waals surface area contributed by atoms with Crippen LogP contribution in [0.2, 0.25) is 0 Å². The number of nitrogens with one attached hydrogen (secondary N) is 3. The van der Waals surface area contributed by atoms with E-state index in [1.807, 2.05) is 0 Å². The third-order valence-electron chi connectivity index (χ3n) is 2.57. The predicted octanol–water partition coefficient (Wildman–Crippen LogP) is 0.971. The Morgan fingerprint density at radius 3 is 3.12 bits per heavy atom. The summed E-state index contributed by atoms with van der Waals surface area (Å²) in [6.07, 6.45) is 3.17. The molecule has 1 atom stereocenters. The largest absolute Gasteiger partial charge is 0.367 e. The highest BCUT2D eigenvalue weighted by molar-refractivity contribution is 9.10. The van der Waals surface area contributed by atoms with Gasteiger partial charge in [0.25, 0.3) is 0 Å². The van der Waals surface area contributed by atoms with Crippen LogP contribution >= 0.6 is 15.9 Å². The first-order chi connectivity index (χ1) is 8.19. The number of anilines is 2. The van der Waals surface area contributed by atoms with Crippen LogP contribution < -0.4 is 16.0 Å². The molecule has 0 aromatic carbocycles. The summed E-state index contributed by atoms with van der Waals surface area (Å²) in [5.41, 5.74) is 0. The van der Waals surface area contributed by atoms with Crippen LogP contribution in [-0.2, 0) is 4.79 Å². The molecule has 2 rings (SSSR count).